The van der Waals surface area contributed by atoms with E-state index in [2.05, 4.69) is 0 Å². The van der Waals surface area contributed by atoms with E-state index in [1.165, 1.54) is 12.1 Å². The summed E-state index contributed by atoms with van der Waals surface area (Å²) < 4.78 is 0. The number of hydrogen-bond acceptors (Lipinski definition) is 3. The van der Waals surface area contributed by atoms with Gasteiger partial charge in [-0.3, -0.25) is 10.1 Å². The van der Waals surface area contributed by atoms with Crippen LogP contribution in [0.1, 0.15) is 0 Å². The molecule has 0 saturated heterocycles. The molecule has 5 heteroatoms. The zero-order valence-electron chi connectivity index (χ0n) is 5.65. The van der Waals surface area contributed by atoms with Crippen molar-refractivity contribution in [3.8, 4) is 0 Å². The van der Waals surface area contributed by atoms with Gasteiger partial charge in [0.05, 0.1) is 4.92 Å². The first-order chi connectivity index (χ1) is 5.24. The Bertz CT molecular complexity index is 277. The molecule has 4 nitrogen and oxygen atoms in total. The molecular weight excluding hydrogens is 163 g/mol. The minimum Gasteiger partial charge on any atom is -0.308 e. The minimum atomic E-state index is -0.427. The normalized spacial score (nSPS) is 10.6. The number of nitro benzene ring substituents is 1. The first-order valence-electron chi connectivity index (χ1n) is 2.95. The van der Waals surface area contributed by atoms with Crippen LogP contribution in [0.3, 0.4) is 0 Å². The monoisotopic (exact) mass is 170 g/mol. The number of hydrogen-bond donors (Lipinski definition) is 1. The summed E-state index contributed by atoms with van der Waals surface area (Å²) in [4.78, 5) is 9.81. The lowest BCUT2D eigenvalue weighted by atomic mass is 10.3. The summed E-state index contributed by atoms with van der Waals surface area (Å²) in [5.41, 5.74) is 5.42. The fourth-order valence-corrected chi connectivity index (χ4v) is 1.13. The Kier molecular flexibility index (Phi) is 2.52. The van der Waals surface area contributed by atoms with Gasteiger partial charge in [-0.05, 0) is 14.0 Å². The van der Waals surface area contributed by atoms with E-state index in [0.717, 1.165) is 5.30 Å². The standard InChI is InChI=1S/C6H7N2O2P/c7-11-6-3-1-2-5(4-6)8(9)10/h1-4,11H,7H2. The fraction of sp³-hybridized carbons (Fsp3) is 0. The second kappa shape index (κ2) is 3.42. The maximum Gasteiger partial charge on any atom is 0.270 e. The topological polar surface area (TPSA) is 69.2 Å². The fourth-order valence-electron chi connectivity index (χ4n) is 0.709. The summed E-state index contributed by atoms with van der Waals surface area (Å²) in [5.74, 6) is 0. The molecule has 1 unspecified atom stereocenters. The maximum atomic E-state index is 10.2. The maximum absolute atomic E-state index is 10.2. The van der Waals surface area contributed by atoms with Crippen LogP contribution in [-0.2, 0) is 0 Å². The van der Waals surface area contributed by atoms with Crippen LogP contribution in [0.4, 0.5) is 5.69 Å². The molecule has 0 amide bonds. The average molecular weight is 170 g/mol. The molecular formula is C6H7N2O2P. The van der Waals surface area contributed by atoms with E-state index in [1.807, 2.05) is 0 Å². The number of rotatable bonds is 2. The highest BCUT2D eigenvalue weighted by atomic mass is 31.1. The van der Waals surface area contributed by atoms with Gasteiger partial charge in [-0.2, -0.15) is 0 Å². The van der Waals surface area contributed by atoms with Gasteiger partial charge >= 0.3 is 0 Å². The summed E-state index contributed by atoms with van der Waals surface area (Å²) in [6.07, 6.45) is 0. The van der Waals surface area contributed by atoms with Gasteiger partial charge in [-0.1, -0.05) is 12.1 Å². The Morgan fingerprint density at radius 1 is 1.55 bits per heavy atom. The predicted molar refractivity (Wildman–Crippen MR) is 45.2 cm³/mol. The van der Waals surface area contributed by atoms with Crippen LogP contribution < -0.4 is 10.8 Å². The second-order valence-electron chi connectivity index (χ2n) is 1.95. The average Bonchev–Trinajstić information content (AvgIpc) is 2.05. The lowest BCUT2D eigenvalue weighted by Gasteiger charge is -1.94. The van der Waals surface area contributed by atoms with Gasteiger partial charge in [0.2, 0.25) is 0 Å². The van der Waals surface area contributed by atoms with E-state index in [-0.39, 0.29) is 14.4 Å². The SMILES string of the molecule is NPc1cccc([N+](=O)[O-])c1. The first kappa shape index (κ1) is 8.11. The molecule has 0 saturated carbocycles. The van der Waals surface area contributed by atoms with E-state index in [4.69, 9.17) is 5.50 Å². The van der Waals surface area contributed by atoms with Crippen molar-refractivity contribution in [1.29, 1.82) is 0 Å². The molecule has 0 aliphatic rings. The number of non-ortho nitro benzene ring substituents is 1. The van der Waals surface area contributed by atoms with E-state index in [9.17, 15) is 10.1 Å². The smallest absolute Gasteiger partial charge is 0.270 e. The van der Waals surface area contributed by atoms with Crippen molar-refractivity contribution in [3.05, 3.63) is 34.4 Å². The molecule has 1 atom stereocenters. The van der Waals surface area contributed by atoms with Gasteiger partial charge in [0.25, 0.3) is 5.69 Å². The minimum absolute atomic E-state index is 0.0976. The van der Waals surface area contributed by atoms with Crippen molar-refractivity contribution < 1.29 is 4.92 Å². The number of nitrogens with zero attached hydrogens (tertiary/aromatic N) is 1. The molecule has 2 N–H and O–H groups in total. The van der Waals surface area contributed by atoms with E-state index < -0.39 is 4.92 Å². The van der Waals surface area contributed by atoms with Crippen molar-refractivity contribution in [1.82, 2.24) is 0 Å². The summed E-state index contributed by atoms with van der Waals surface area (Å²) >= 11 is 0. The molecule has 1 aromatic rings. The van der Waals surface area contributed by atoms with E-state index in [0.29, 0.717) is 0 Å². The van der Waals surface area contributed by atoms with Gasteiger partial charge in [0, 0.05) is 12.1 Å². The summed E-state index contributed by atoms with van der Waals surface area (Å²) in [5, 5.41) is 11.0. The summed E-state index contributed by atoms with van der Waals surface area (Å²) in [6.45, 7) is 0. The highest BCUT2D eigenvalue weighted by Crippen LogP contribution is 2.10. The van der Waals surface area contributed by atoms with Crippen LogP contribution in [-0.4, -0.2) is 4.92 Å². The van der Waals surface area contributed by atoms with Crippen LogP contribution in [0.15, 0.2) is 24.3 Å². The third-order valence-corrected chi connectivity index (χ3v) is 1.87. The molecule has 0 aromatic heterocycles. The molecule has 0 heterocycles. The van der Waals surface area contributed by atoms with Crippen molar-refractivity contribution in [2.24, 2.45) is 5.50 Å². The molecule has 58 valence electrons. The van der Waals surface area contributed by atoms with Crippen molar-refractivity contribution in [2.45, 2.75) is 0 Å². The molecule has 0 radical (unpaired) electrons. The molecule has 1 aromatic carbocycles. The first-order valence-corrected chi connectivity index (χ1v) is 4.03. The third-order valence-electron chi connectivity index (χ3n) is 1.22. The Balaban J connectivity index is 3.01. The number of nitrogens with two attached hydrogens (primary N) is 1. The molecule has 1 rings (SSSR count). The Hall–Kier alpha value is -0.990. The second-order valence-corrected chi connectivity index (χ2v) is 2.82. The van der Waals surface area contributed by atoms with Crippen molar-refractivity contribution in [2.75, 3.05) is 0 Å². The van der Waals surface area contributed by atoms with Crippen molar-refractivity contribution in [3.63, 3.8) is 0 Å². The van der Waals surface area contributed by atoms with Crippen LogP contribution in [0.25, 0.3) is 0 Å². The number of benzene rings is 1. The molecule has 0 spiro atoms. The van der Waals surface area contributed by atoms with E-state index in [1.54, 1.807) is 12.1 Å². The van der Waals surface area contributed by atoms with Crippen LogP contribution >= 0.6 is 8.73 Å². The highest BCUT2D eigenvalue weighted by Gasteiger charge is 2.03. The Morgan fingerprint density at radius 2 is 2.27 bits per heavy atom. The molecule has 0 bridgehead atoms. The Labute approximate surface area is 65.4 Å². The van der Waals surface area contributed by atoms with E-state index >= 15 is 0 Å². The quantitative estimate of drug-likeness (QED) is 0.405. The van der Waals surface area contributed by atoms with Gasteiger partial charge < -0.3 is 5.50 Å². The zero-order chi connectivity index (χ0) is 8.27. The van der Waals surface area contributed by atoms with Crippen LogP contribution in [0.2, 0.25) is 0 Å². The van der Waals surface area contributed by atoms with Gasteiger partial charge in [-0.15, -0.1) is 0 Å². The molecule has 0 aliphatic carbocycles. The van der Waals surface area contributed by atoms with Gasteiger partial charge in [-0.25, -0.2) is 0 Å². The van der Waals surface area contributed by atoms with Crippen LogP contribution in [0.5, 0.6) is 0 Å². The summed E-state index contributed by atoms with van der Waals surface area (Å²) in [6, 6.07) is 6.33. The Morgan fingerprint density at radius 3 is 2.82 bits per heavy atom. The third kappa shape index (κ3) is 1.97. The van der Waals surface area contributed by atoms with Crippen LogP contribution in [0, 0.1) is 10.1 Å². The largest absolute Gasteiger partial charge is 0.308 e. The number of nitro groups is 1. The summed E-state index contributed by atoms with van der Waals surface area (Å²) in [7, 11) is 0.115. The highest BCUT2D eigenvalue weighted by molar-refractivity contribution is 7.44. The predicted octanol–water partition coefficient (Wildman–Crippen LogP) is 0.772. The zero-order valence-corrected chi connectivity index (χ0v) is 6.65. The lowest BCUT2D eigenvalue weighted by molar-refractivity contribution is -0.384. The molecule has 11 heavy (non-hydrogen) atoms. The molecule has 0 aliphatic heterocycles. The van der Waals surface area contributed by atoms with Gasteiger partial charge in [0.15, 0.2) is 0 Å². The molecule has 0 fully saturated rings. The lowest BCUT2D eigenvalue weighted by Crippen LogP contribution is -1.99. The van der Waals surface area contributed by atoms with Gasteiger partial charge in [0.1, 0.15) is 0 Å². The van der Waals surface area contributed by atoms with Crippen molar-refractivity contribution >= 4 is 19.7 Å².